The highest BCUT2D eigenvalue weighted by Gasteiger charge is 2.22. The molecule has 6 heteroatoms. The maximum atomic E-state index is 10.4. The highest BCUT2D eigenvalue weighted by atomic mass is 35.5. The monoisotopic (exact) mass is 379 g/mol. The fourth-order valence-electron chi connectivity index (χ4n) is 3.17. The zero-order valence-corrected chi connectivity index (χ0v) is 15.8. The van der Waals surface area contributed by atoms with Crippen molar-refractivity contribution in [2.24, 2.45) is 0 Å². The molecular weight excluding hydrogens is 354 g/mol. The number of benzene rings is 1. The van der Waals surface area contributed by atoms with E-state index < -0.39 is 6.10 Å². The number of rotatable bonds is 9. The average Bonchev–Trinajstić information content (AvgIpc) is 3.26. The topological polar surface area (TPSA) is 55.1 Å². The van der Waals surface area contributed by atoms with E-state index >= 15 is 0 Å². The standard InChI is InChI=1S/C20H26ClNO4/c1-15-8-9-18(26-15)13-22(12-17-5-4-10-24-17)11-16(23)14-25-20-7-3-2-6-19(20)21/h2-3,6-9,16-17,23H,4-5,10-14H2,1H3. The highest BCUT2D eigenvalue weighted by Crippen LogP contribution is 2.23. The maximum absolute atomic E-state index is 10.4. The summed E-state index contributed by atoms with van der Waals surface area (Å²) >= 11 is 6.09. The number of furan rings is 1. The van der Waals surface area contributed by atoms with E-state index in [4.69, 9.17) is 25.5 Å². The quantitative estimate of drug-likeness (QED) is 0.720. The number of nitrogens with zero attached hydrogens (tertiary/aromatic N) is 1. The number of aliphatic hydroxyl groups is 1. The molecule has 1 aliphatic heterocycles. The van der Waals surface area contributed by atoms with Crippen LogP contribution in [0.2, 0.25) is 5.02 Å². The Hall–Kier alpha value is -1.53. The summed E-state index contributed by atoms with van der Waals surface area (Å²) in [6.45, 7) is 4.81. The van der Waals surface area contributed by atoms with Crippen LogP contribution >= 0.6 is 11.6 Å². The van der Waals surface area contributed by atoms with Gasteiger partial charge in [-0.25, -0.2) is 0 Å². The van der Waals surface area contributed by atoms with Gasteiger partial charge < -0.3 is 19.0 Å². The van der Waals surface area contributed by atoms with Crippen LogP contribution < -0.4 is 4.74 Å². The van der Waals surface area contributed by atoms with Crippen molar-refractivity contribution in [1.29, 1.82) is 0 Å². The zero-order chi connectivity index (χ0) is 18.4. The molecule has 3 rings (SSSR count). The minimum Gasteiger partial charge on any atom is -0.489 e. The minimum absolute atomic E-state index is 0.183. The first-order valence-electron chi connectivity index (χ1n) is 9.05. The third-order valence-corrected chi connectivity index (χ3v) is 4.71. The van der Waals surface area contributed by atoms with Gasteiger partial charge in [0.25, 0.3) is 0 Å². The smallest absolute Gasteiger partial charge is 0.138 e. The Morgan fingerprint density at radius 3 is 2.85 bits per heavy atom. The molecule has 1 aromatic heterocycles. The van der Waals surface area contributed by atoms with Gasteiger partial charge in [-0.1, -0.05) is 23.7 Å². The molecule has 2 atom stereocenters. The second-order valence-electron chi connectivity index (χ2n) is 6.74. The Balaban J connectivity index is 1.55. The van der Waals surface area contributed by atoms with Crippen LogP contribution in [0.1, 0.15) is 24.4 Å². The lowest BCUT2D eigenvalue weighted by molar-refractivity contribution is 0.0290. The van der Waals surface area contributed by atoms with E-state index in [-0.39, 0.29) is 12.7 Å². The normalized spacial score (nSPS) is 18.4. The molecule has 5 nitrogen and oxygen atoms in total. The molecule has 2 unspecified atom stereocenters. The van der Waals surface area contributed by atoms with Gasteiger partial charge in [0, 0.05) is 19.7 Å². The summed E-state index contributed by atoms with van der Waals surface area (Å²) in [5.74, 6) is 2.36. The first kappa shape index (κ1) is 19.2. The van der Waals surface area contributed by atoms with E-state index in [1.54, 1.807) is 12.1 Å². The predicted molar refractivity (Wildman–Crippen MR) is 101 cm³/mol. The van der Waals surface area contributed by atoms with E-state index in [0.29, 0.717) is 23.9 Å². The molecule has 2 aromatic rings. The minimum atomic E-state index is -0.635. The van der Waals surface area contributed by atoms with Gasteiger partial charge in [0.1, 0.15) is 30.0 Å². The molecule has 0 amide bonds. The van der Waals surface area contributed by atoms with Gasteiger partial charge in [0.15, 0.2) is 0 Å². The van der Waals surface area contributed by atoms with Gasteiger partial charge in [0.05, 0.1) is 17.7 Å². The predicted octanol–water partition coefficient (Wildman–Crippen LogP) is 3.66. The first-order chi connectivity index (χ1) is 12.6. The van der Waals surface area contributed by atoms with Gasteiger partial charge >= 0.3 is 0 Å². The van der Waals surface area contributed by atoms with Crippen molar-refractivity contribution in [1.82, 2.24) is 4.90 Å². The molecule has 0 bridgehead atoms. The molecule has 0 spiro atoms. The van der Waals surface area contributed by atoms with E-state index in [1.807, 2.05) is 31.2 Å². The molecule has 142 valence electrons. The van der Waals surface area contributed by atoms with Crippen LogP contribution in [-0.4, -0.2) is 48.5 Å². The van der Waals surface area contributed by atoms with E-state index in [9.17, 15) is 5.11 Å². The van der Waals surface area contributed by atoms with Gasteiger partial charge in [-0.2, -0.15) is 0 Å². The largest absolute Gasteiger partial charge is 0.489 e. The van der Waals surface area contributed by atoms with Crippen LogP contribution in [0, 0.1) is 6.92 Å². The Morgan fingerprint density at radius 1 is 1.31 bits per heavy atom. The molecular formula is C20H26ClNO4. The third-order valence-electron chi connectivity index (χ3n) is 4.40. The molecule has 0 radical (unpaired) electrons. The number of hydrogen-bond acceptors (Lipinski definition) is 5. The zero-order valence-electron chi connectivity index (χ0n) is 15.1. The van der Waals surface area contributed by atoms with Crippen molar-refractivity contribution in [3.05, 3.63) is 52.9 Å². The molecule has 1 aromatic carbocycles. The van der Waals surface area contributed by atoms with Gasteiger partial charge in [-0.15, -0.1) is 0 Å². The van der Waals surface area contributed by atoms with Crippen LogP contribution in [0.15, 0.2) is 40.8 Å². The maximum Gasteiger partial charge on any atom is 0.138 e. The second kappa shape index (κ2) is 9.42. The number of para-hydroxylation sites is 1. The van der Waals surface area contributed by atoms with Crippen LogP contribution in [0.5, 0.6) is 5.75 Å². The van der Waals surface area contributed by atoms with E-state index in [1.165, 1.54) is 0 Å². The molecule has 0 aliphatic carbocycles. The number of aliphatic hydroxyl groups excluding tert-OH is 1. The SMILES string of the molecule is Cc1ccc(CN(CC(O)COc2ccccc2Cl)CC2CCCO2)o1. The third kappa shape index (κ3) is 5.74. The van der Waals surface area contributed by atoms with Crippen molar-refractivity contribution < 1.29 is 19.0 Å². The van der Waals surface area contributed by atoms with Crippen LogP contribution in [0.3, 0.4) is 0 Å². The molecule has 0 saturated carbocycles. The van der Waals surface area contributed by atoms with Gasteiger partial charge in [0.2, 0.25) is 0 Å². The number of aryl methyl sites for hydroxylation is 1. The van der Waals surface area contributed by atoms with Crippen molar-refractivity contribution >= 4 is 11.6 Å². The lowest BCUT2D eigenvalue weighted by Gasteiger charge is -2.26. The van der Waals surface area contributed by atoms with Crippen LogP contribution in [0.4, 0.5) is 0 Å². The first-order valence-corrected chi connectivity index (χ1v) is 9.42. The summed E-state index contributed by atoms with van der Waals surface area (Å²) < 4.78 is 17.1. The lowest BCUT2D eigenvalue weighted by atomic mass is 10.2. The van der Waals surface area contributed by atoms with Crippen molar-refractivity contribution in [3.8, 4) is 5.75 Å². The summed E-state index contributed by atoms with van der Waals surface area (Å²) in [7, 11) is 0. The molecule has 1 saturated heterocycles. The van der Waals surface area contributed by atoms with Crippen LogP contribution in [0.25, 0.3) is 0 Å². The Bertz CT molecular complexity index is 684. The molecule has 26 heavy (non-hydrogen) atoms. The summed E-state index contributed by atoms with van der Waals surface area (Å²) in [4.78, 5) is 2.16. The number of halogens is 1. The second-order valence-corrected chi connectivity index (χ2v) is 7.14. The van der Waals surface area contributed by atoms with Crippen molar-refractivity contribution in [2.75, 3.05) is 26.3 Å². The summed E-state index contributed by atoms with van der Waals surface area (Å²) in [5, 5.41) is 11.0. The van der Waals surface area contributed by atoms with Gasteiger partial charge in [-0.05, 0) is 44.0 Å². The number of hydrogen-bond donors (Lipinski definition) is 1. The molecule has 1 aliphatic rings. The highest BCUT2D eigenvalue weighted by molar-refractivity contribution is 6.32. The van der Waals surface area contributed by atoms with E-state index in [0.717, 1.165) is 37.5 Å². The Labute approximate surface area is 159 Å². The van der Waals surface area contributed by atoms with Crippen molar-refractivity contribution in [3.63, 3.8) is 0 Å². The Kier molecular flexibility index (Phi) is 6.97. The van der Waals surface area contributed by atoms with Crippen LogP contribution in [-0.2, 0) is 11.3 Å². The fourth-order valence-corrected chi connectivity index (χ4v) is 3.36. The summed E-state index contributed by atoms with van der Waals surface area (Å²) in [6, 6.07) is 11.2. The number of ether oxygens (including phenoxy) is 2. The molecule has 2 heterocycles. The summed E-state index contributed by atoms with van der Waals surface area (Å²) in [5.41, 5.74) is 0. The van der Waals surface area contributed by atoms with Gasteiger partial charge in [-0.3, -0.25) is 4.90 Å². The molecule has 1 N–H and O–H groups in total. The Morgan fingerprint density at radius 2 is 2.15 bits per heavy atom. The lowest BCUT2D eigenvalue weighted by Crippen LogP contribution is -2.39. The fraction of sp³-hybridized carbons (Fsp3) is 0.500. The van der Waals surface area contributed by atoms with Crippen molar-refractivity contribution in [2.45, 2.75) is 38.5 Å². The molecule has 1 fully saturated rings. The van der Waals surface area contributed by atoms with E-state index in [2.05, 4.69) is 4.90 Å². The summed E-state index contributed by atoms with van der Waals surface area (Å²) in [6.07, 6.45) is 1.72. The average molecular weight is 380 g/mol.